The highest BCUT2D eigenvalue weighted by Crippen LogP contribution is 2.38. The van der Waals surface area contributed by atoms with Crippen LogP contribution in [0.15, 0.2) is 22.4 Å². The van der Waals surface area contributed by atoms with Gasteiger partial charge in [0.2, 0.25) is 10.0 Å². The van der Waals surface area contributed by atoms with Gasteiger partial charge in [-0.25, -0.2) is 13.1 Å². The zero-order valence-electron chi connectivity index (χ0n) is 13.8. The van der Waals surface area contributed by atoms with Crippen LogP contribution < -0.4 is 15.6 Å². The number of thiophene rings is 1. The Morgan fingerprint density at radius 2 is 1.93 bits per heavy atom. The van der Waals surface area contributed by atoms with Gasteiger partial charge in [-0.15, -0.1) is 11.3 Å². The van der Waals surface area contributed by atoms with E-state index in [0.717, 1.165) is 24.2 Å². The van der Waals surface area contributed by atoms with Crippen LogP contribution in [0.5, 0.6) is 0 Å². The van der Waals surface area contributed by atoms with Gasteiger partial charge in [0.15, 0.2) is 0 Å². The number of nitrogens with one attached hydrogen (secondary N) is 3. The lowest BCUT2D eigenvalue weighted by Crippen LogP contribution is -2.44. The molecule has 0 atom stereocenters. The van der Waals surface area contributed by atoms with Gasteiger partial charge in [-0.05, 0) is 31.9 Å². The van der Waals surface area contributed by atoms with E-state index in [4.69, 9.17) is 11.6 Å². The summed E-state index contributed by atoms with van der Waals surface area (Å²) in [5.74, 6) is -2.53. The fourth-order valence-corrected chi connectivity index (χ4v) is 5.19. The highest BCUT2D eigenvalue weighted by molar-refractivity contribution is 7.89. The van der Waals surface area contributed by atoms with Crippen molar-refractivity contribution >= 4 is 54.9 Å². The molecule has 0 saturated heterocycles. The third-order valence-corrected chi connectivity index (χ3v) is 7.09. The summed E-state index contributed by atoms with van der Waals surface area (Å²) in [6, 6.07) is 2.57. The molecule has 1 aliphatic carbocycles. The molecule has 1 aliphatic rings. The van der Waals surface area contributed by atoms with Crippen LogP contribution in [0, 0.1) is 0 Å². The average Bonchev–Trinajstić information content (AvgIpc) is 3.13. The van der Waals surface area contributed by atoms with Crippen LogP contribution in [-0.4, -0.2) is 32.2 Å². The lowest BCUT2D eigenvalue weighted by Gasteiger charge is -2.13. The molecule has 0 unspecified atom stereocenters. The van der Waals surface area contributed by atoms with Crippen LogP contribution >= 0.6 is 22.9 Å². The fourth-order valence-electron chi connectivity index (χ4n) is 2.31. The third-order valence-electron chi connectivity index (χ3n) is 4.04. The number of amides is 2. The summed E-state index contributed by atoms with van der Waals surface area (Å²) in [6.07, 6.45) is -1.85. The molecule has 1 fully saturated rings. The number of hydrazine groups is 1. The van der Waals surface area contributed by atoms with Crippen LogP contribution in [0.2, 0.25) is 5.02 Å². The SMILES string of the molecule is CC1(NS(=O)(=O)c2cc(Cl)c3scc(C(=O)NNC(=O)C(F)F)c3c2)CC1. The second-order valence-electron chi connectivity index (χ2n) is 6.34. The first kappa shape index (κ1) is 19.9. The average molecular weight is 438 g/mol. The van der Waals surface area contributed by atoms with E-state index >= 15 is 0 Å². The molecule has 1 aromatic heterocycles. The topological polar surface area (TPSA) is 104 Å². The van der Waals surface area contributed by atoms with E-state index in [1.165, 1.54) is 17.5 Å². The van der Waals surface area contributed by atoms with Crippen molar-refractivity contribution in [3.05, 3.63) is 28.1 Å². The van der Waals surface area contributed by atoms with E-state index < -0.39 is 33.8 Å². The number of hydrogen-bond acceptors (Lipinski definition) is 5. The standard InChI is InChI=1S/C15H14ClF2N3O4S2/c1-15(2-3-15)21-27(24,25)7-4-8-9(6-26-11(8)10(16)5-7)13(22)19-20-14(23)12(17)18/h4-6,12,21H,2-3H2,1H3,(H,19,22)(H,20,23). The van der Waals surface area contributed by atoms with Crippen molar-refractivity contribution in [3.8, 4) is 0 Å². The molecule has 146 valence electrons. The van der Waals surface area contributed by atoms with Gasteiger partial charge in [0.25, 0.3) is 5.91 Å². The second kappa shape index (κ2) is 6.97. The highest BCUT2D eigenvalue weighted by atomic mass is 35.5. The molecule has 0 aliphatic heterocycles. The maximum atomic E-state index is 12.6. The number of benzene rings is 1. The number of carbonyl (C=O) groups excluding carboxylic acids is 2. The second-order valence-corrected chi connectivity index (χ2v) is 9.31. The number of rotatable bonds is 5. The van der Waals surface area contributed by atoms with Crippen LogP contribution in [0.4, 0.5) is 8.78 Å². The zero-order valence-corrected chi connectivity index (χ0v) is 16.2. The molecular formula is C15H14ClF2N3O4S2. The normalized spacial score (nSPS) is 15.7. The summed E-state index contributed by atoms with van der Waals surface area (Å²) in [4.78, 5) is 22.9. The van der Waals surface area contributed by atoms with E-state index in [2.05, 4.69) is 4.72 Å². The quantitative estimate of drug-likeness (QED) is 0.625. The van der Waals surface area contributed by atoms with Gasteiger partial charge < -0.3 is 0 Å². The molecule has 7 nitrogen and oxygen atoms in total. The van der Waals surface area contributed by atoms with E-state index in [-0.39, 0.29) is 20.9 Å². The Labute approximate surface area is 162 Å². The first-order chi connectivity index (χ1) is 12.5. The Bertz CT molecular complexity index is 1040. The Morgan fingerprint density at radius 3 is 2.52 bits per heavy atom. The van der Waals surface area contributed by atoms with Crippen molar-refractivity contribution in [2.45, 2.75) is 36.6 Å². The molecule has 1 heterocycles. The molecule has 0 radical (unpaired) electrons. The van der Waals surface area contributed by atoms with Crippen molar-refractivity contribution in [1.82, 2.24) is 15.6 Å². The summed E-state index contributed by atoms with van der Waals surface area (Å²) < 4.78 is 52.6. The molecule has 3 rings (SSSR count). The van der Waals surface area contributed by atoms with Gasteiger partial charge in [-0.2, -0.15) is 8.78 Å². The Kier molecular flexibility index (Phi) is 5.14. The van der Waals surface area contributed by atoms with Crippen molar-refractivity contribution < 1.29 is 26.8 Å². The van der Waals surface area contributed by atoms with Crippen molar-refractivity contribution in [2.75, 3.05) is 0 Å². The van der Waals surface area contributed by atoms with E-state index in [9.17, 15) is 26.8 Å². The molecule has 2 aromatic rings. The minimum Gasteiger partial charge on any atom is -0.267 e. The molecule has 3 N–H and O–H groups in total. The molecule has 0 bridgehead atoms. The lowest BCUT2D eigenvalue weighted by atomic mass is 10.2. The monoisotopic (exact) mass is 437 g/mol. The largest absolute Gasteiger partial charge is 0.317 e. The first-order valence-electron chi connectivity index (χ1n) is 7.65. The number of fused-ring (bicyclic) bond motifs is 1. The number of sulfonamides is 1. The first-order valence-corrected chi connectivity index (χ1v) is 10.4. The van der Waals surface area contributed by atoms with Crippen molar-refractivity contribution in [1.29, 1.82) is 0 Å². The number of alkyl halides is 2. The maximum Gasteiger partial charge on any atom is 0.317 e. The van der Waals surface area contributed by atoms with Crippen molar-refractivity contribution in [2.24, 2.45) is 0 Å². The predicted molar refractivity (Wildman–Crippen MR) is 96.4 cm³/mol. The smallest absolute Gasteiger partial charge is 0.267 e. The minimum absolute atomic E-state index is 0.00106. The number of carbonyl (C=O) groups is 2. The maximum absolute atomic E-state index is 12.6. The van der Waals surface area contributed by atoms with Crippen LogP contribution in [0.25, 0.3) is 10.1 Å². The molecule has 12 heteroatoms. The lowest BCUT2D eigenvalue weighted by molar-refractivity contribution is -0.132. The third kappa shape index (κ3) is 4.21. The van der Waals surface area contributed by atoms with Crippen LogP contribution in [0.1, 0.15) is 30.1 Å². The molecule has 27 heavy (non-hydrogen) atoms. The van der Waals surface area contributed by atoms with Gasteiger partial charge in [0, 0.05) is 16.3 Å². The fraction of sp³-hybridized carbons (Fsp3) is 0.333. The van der Waals surface area contributed by atoms with Gasteiger partial charge in [0.05, 0.1) is 20.2 Å². The van der Waals surface area contributed by atoms with Crippen molar-refractivity contribution in [3.63, 3.8) is 0 Å². The Hall–Kier alpha value is -1.82. The molecular weight excluding hydrogens is 424 g/mol. The number of halogens is 3. The molecule has 1 saturated carbocycles. The van der Waals surface area contributed by atoms with Gasteiger partial charge in [-0.3, -0.25) is 20.4 Å². The van der Waals surface area contributed by atoms with Gasteiger partial charge in [0.1, 0.15) is 0 Å². The Morgan fingerprint density at radius 1 is 1.26 bits per heavy atom. The highest BCUT2D eigenvalue weighted by Gasteiger charge is 2.41. The number of hydrogen-bond donors (Lipinski definition) is 3. The van der Waals surface area contributed by atoms with E-state index in [1.54, 1.807) is 12.3 Å². The minimum atomic E-state index is -3.86. The van der Waals surface area contributed by atoms with Gasteiger partial charge >= 0.3 is 12.3 Å². The summed E-state index contributed by atoms with van der Waals surface area (Å²) in [6.45, 7) is 1.78. The molecule has 1 aromatic carbocycles. The van der Waals surface area contributed by atoms with E-state index in [1.807, 2.05) is 5.43 Å². The molecule has 2 amide bonds. The zero-order chi connectivity index (χ0) is 20.0. The summed E-state index contributed by atoms with van der Waals surface area (Å²) in [5, 5.41) is 1.76. The Balaban J connectivity index is 1.93. The molecule has 0 spiro atoms. The van der Waals surface area contributed by atoms with Gasteiger partial charge in [-0.1, -0.05) is 11.6 Å². The summed E-state index contributed by atoms with van der Waals surface area (Å²) in [7, 11) is -3.86. The van der Waals surface area contributed by atoms with E-state index in [0.29, 0.717) is 4.70 Å². The summed E-state index contributed by atoms with van der Waals surface area (Å²) in [5.41, 5.74) is 2.96. The predicted octanol–water partition coefficient (Wildman–Crippen LogP) is 2.41. The van der Waals surface area contributed by atoms with Crippen LogP contribution in [-0.2, 0) is 14.8 Å². The van der Waals surface area contributed by atoms with Crippen LogP contribution in [0.3, 0.4) is 0 Å². The summed E-state index contributed by atoms with van der Waals surface area (Å²) >= 11 is 7.25.